The Morgan fingerprint density at radius 2 is 2.44 bits per heavy atom. The van der Waals surface area contributed by atoms with Crippen LogP contribution in [0.25, 0.3) is 0 Å². The Labute approximate surface area is 54.2 Å². The minimum Gasteiger partial charge on any atom is -0.499 e. The maximum absolute atomic E-state index is 5.12. The number of methoxy groups -OCH3 is 1. The summed E-state index contributed by atoms with van der Waals surface area (Å²) in [6.07, 6.45) is 3.10. The third-order valence-electron chi connectivity index (χ3n) is 1.05. The fraction of sp³-hybridized carbons (Fsp3) is 0.667. The van der Waals surface area contributed by atoms with Gasteiger partial charge in [-0.2, -0.15) is 0 Å². The Hall–Kier alpha value is -0.540. The molecule has 9 heavy (non-hydrogen) atoms. The summed E-state index contributed by atoms with van der Waals surface area (Å²) in [6.45, 7) is 1.20. The molecule has 3 nitrogen and oxygen atoms in total. The van der Waals surface area contributed by atoms with Gasteiger partial charge >= 0.3 is 0 Å². The first-order valence-corrected chi connectivity index (χ1v) is 2.86. The molecular weight excluding hydrogens is 120 g/mol. The summed E-state index contributed by atoms with van der Waals surface area (Å²) in [6, 6.07) is 0. The van der Waals surface area contributed by atoms with Crippen LogP contribution in [0.1, 0.15) is 0 Å². The van der Waals surface area contributed by atoms with Crippen molar-refractivity contribution >= 4 is 0 Å². The van der Waals surface area contributed by atoms with Gasteiger partial charge < -0.3 is 14.2 Å². The van der Waals surface area contributed by atoms with E-state index in [0.29, 0.717) is 13.2 Å². The zero-order chi connectivity index (χ0) is 6.53. The van der Waals surface area contributed by atoms with Gasteiger partial charge in [0, 0.05) is 13.2 Å². The minimum atomic E-state index is -0.229. The molecule has 0 amide bonds. The third-order valence-corrected chi connectivity index (χ3v) is 1.05. The Balaban J connectivity index is 2.33. The molecule has 0 aromatic rings. The van der Waals surface area contributed by atoms with E-state index in [1.54, 1.807) is 19.4 Å². The van der Waals surface area contributed by atoms with Crippen molar-refractivity contribution in [2.75, 3.05) is 20.3 Å². The average molecular weight is 130 g/mol. The molecule has 0 radical (unpaired) electrons. The van der Waals surface area contributed by atoms with E-state index in [1.165, 1.54) is 0 Å². The fourth-order valence-electron chi connectivity index (χ4n) is 0.602. The lowest BCUT2D eigenvalue weighted by Crippen LogP contribution is -2.12. The van der Waals surface area contributed by atoms with Crippen LogP contribution in [0.2, 0.25) is 0 Å². The Bertz CT molecular complexity index is 100. The van der Waals surface area contributed by atoms with Gasteiger partial charge in [0.25, 0.3) is 0 Å². The van der Waals surface area contributed by atoms with Crippen molar-refractivity contribution in [3.05, 3.63) is 12.3 Å². The van der Waals surface area contributed by atoms with E-state index < -0.39 is 0 Å². The first-order valence-electron chi connectivity index (χ1n) is 2.86. The molecule has 0 saturated heterocycles. The number of hydrogen-bond acceptors (Lipinski definition) is 3. The van der Waals surface area contributed by atoms with E-state index in [-0.39, 0.29) is 6.29 Å². The lowest BCUT2D eigenvalue weighted by molar-refractivity contribution is -0.0910. The third kappa shape index (κ3) is 2.03. The summed E-state index contributed by atoms with van der Waals surface area (Å²) < 4.78 is 14.9. The normalized spacial score (nSPS) is 27.0. The highest BCUT2D eigenvalue weighted by Crippen LogP contribution is 1.99. The summed E-state index contributed by atoms with van der Waals surface area (Å²) >= 11 is 0. The Morgan fingerprint density at radius 1 is 1.56 bits per heavy atom. The smallest absolute Gasteiger partial charge is 0.179 e. The lowest BCUT2D eigenvalue weighted by atomic mass is 10.6. The van der Waals surface area contributed by atoms with Crippen LogP contribution in [-0.4, -0.2) is 26.6 Å². The van der Waals surface area contributed by atoms with Crippen LogP contribution in [0.4, 0.5) is 0 Å². The minimum absolute atomic E-state index is 0.229. The predicted octanol–water partition coefficient (Wildman–Crippen LogP) is 0.519. The first kappa shape index (κ1) is 6.58. The molecule has 52 valence electrons. The van der Waals surface area contributed by atoms with E-state index in [1.807, 2.05) is 0 Å². The van der Waals surface area contributed by atoms with Crippen LogP contribution >= 0.6 is 0 Å². The second kappa shape index (κ2) is 3.48. The van der Waals surface area contributed by atoms with Crippen LogP contribution < -0.4 is 0 Å². The van der Waals surface area contributed by atoms with E-state index in [0.717, 1.165) is 0 Å². The summed E-state index contributed by atoms with van der Waals surface area (Å²) in [5, 5.41) is 0. The monoisotopic (exact) mass is 130 g/mol. The molecule has 1 rings (SSSR count). The molecule has 0 aromatic carbocycles. The zero-order valence-electron chi connectivity index (χ0n) is 5.37. The molecule has 1 heterocycles. The molecule has 0 N–H and O–H groups in total. The molecule has 1 atom stereocenters. The van der Waals surface area contributed by atoms with Crippen molar-refractivity contribution in [1.82, 2.24) is 0 Å². The fourth-order valence-corrected chi connectivity index (χ4v) is 0.602. The van der Waals surface area contributed by atoms with Crippen molar-refractivity contribution in [2.45, 2.75) is 6.29 Å². The van der Waals surface area contributed by atoms with Crippen molar-refractivity contribution in [2.24, 2.45) is 0 Å². The Kier molecular flexibility index (Phi) is 2.54. The molecule has 0 aliphatic carbocycles. The summed E-state index contributed by atoms with van der Waals surface area (Å²) in [4.78, 5) is 0. The van der Waals surface area contributed by atoms with Gasteiger partial charge in [-0.1, -0.05) is 0 Å². The molecule has 0 saturated carbocycles. The second-order valence-corrected chi connectivity index (χ2v) is 1.67. The zero-order valence-corrected chi connectivity index (χ0v) is 5.37. The quantitative estimate of drug-likeness (QED) is 0.518. The average Bonchev–Trinajstić information content (AvgIpc) is 2.13. The first-order chi connectivity index (χ1) is 4.43. The number of rotatable bonds is 1. The van der Waals surface area contributed by atoms with Crippen LogP contribution in [0.3, 0.4) is 0 Å². The highest BCUT2D eigenvalue weighted by atomic mass is 16.7. The van der Waals surface area contributed by atoms with Crippen molar-refractivity contribution in [3.63, 3.8) is 0 Å². The lowest BCUT2D eigenvalue weighted by Gasteiger charge is -2.07. The van der Waals surface area contributed by atoms with Gasteiger partial charge in [0.2, 0.25) is 0 Å². The molecule has 0 fully saturated rings. The van der Waals surface area contributed by atoms with Crippen LogP contribution in [0, 0.1) is 0 Å². The van der Waals surface area contributed by atoms with E-state index in [9.17, 15) is 0 Å². The SMILES string of the molecule is COC1C=COCCO1. The molecule has 0 aromatic heterocycles. The van der Waals surface area contributed by atoms with Gasteiger partial charge in [-0.15, -0.1) is 0 Å². The molecule has 1 aliphatic rings. The molecule has 0 spiro atoms. The van der Waals surface area contributed by atoms with Crippen LogP contribution in [0.15, 0.2) is 12.3 Å². The van der Waals surface area contributed by atoms with Crippen LogP contribution in [0.5, 0.6) is 0 Å². The molecule has 0 bridgehead atoms. The number of ether oxygens (including phenoxy) is 3. The number of hydrogen-bond donors (Lipinski definition) is 0. The van der Waals surface area contributed by atoms with E-state index >= 15 is 0 Å². The predicted molar refractivity (Wildman–Crippen MR) is 31.8 cm³/mol. The standard InChI is InChI=1S/C6H10O3/c1-7-6-2-3-8-4-5-9-6/h2-3,6H,4-5H2,1H3. The summed E-state index contributed by atoms with van der Waals surface area (Å²) in [7, 11) is 1.60. The maximum Gasteiger partial charge on any atom is 0.179 e. The maximum atomic E-state index is 5.12. The van der Waals surface area contributed by atoms with Gasteiger partial charge in [-0.25, -0.2) is 0 Å². The van der Waals surface area contributed by atoms with Gasteiger partial charge in [-0.3, -0.25) is 0 Å². The van der Waals surface area contributed by atoms with E-state index in [2.05, 4.69) is 0 Å². The molecular formula is C6H10O3. The topological polar surface area (TPSA) is 27.7 Å². The Morgan fingerprint density at radius 3 is 3.22 bits per heavy atom. The van der Waals surface area contributed by atoms with Gasteiger partial charge in [0.15, 0.2) is 6.29 Å². The molecule has 3 heteroatoms. The molecule has 1 unspecified atom stereocenters. The highest BCUT2D eigenvalue weighted by Gasteiger charge is 2.04. The van der Waals surface area contributed by atoms with Crippen LogP contribution in [-0.2, 0) is 14.2 Å². The largest absolute Gasteiger partial charge is 0.499 e. The summed E-state index contributed by atoms with van der Waals surface area (Å²) in [5.41, 5.74) is 0. The van der Waals surface area contributed by atoms with E-state index in [4.69, 9.17) is 14.2 Å². The van der Waals surface area contributed by atoms with Gasteiger partial charge in [0.05, 0.1) is 12.9 Å². The highest BCUT2D eigenvalue weighted by molar-refractivity contribution is 4.79. The second-order valence-electron chi connectivity index (χ2n) is 1.67. The van der Waals surface area contributed by atoms with Gasteiger partial charge in [-0.05, 0) is 0 Å². The molecule has 1 aliphatic heterocycles. The summed E-state index contributed by atoms with van der Waals surface area (Å²) in [5.74, 6) is 0. The van der Waals surface area contributed by atoms with Crippen molar-refractivity contribution in [3.8, 4) is 0 Å². The van der Waals surface area contributed by atoms with Gasteiger partial charge in [0.1, 0.15) is 6.61 Å². The van der Waals surface area contributed by atoms with Crippen molar-refractivity contribution < 1.29 is 14.2 Å². The van der Waals surface area contributed by atoms with Crippen molar-refractivity contribution in [1.29, 1.82) is 0 Å².